The van der Waals surface area contributed by atoms with Gasteiger partial charge in [0.2, 0.25) is 5.91 Å². The number of hydrogen-bond donors (Lipinski definition) is 1. The first kappa shape index (κ1) is 25.5. The van der Waals surface area contributed by atoms with Crippen LogP contribution in [0.4, 0.5) is 13.2 Å². The number of carbonyl (C=O) groups excluding carboxylic acids is 1. The van der Waals surface area contributed by atoms with E-state index in [0.29, 0.717) is 17.9 Å². The first-order chi connectivity index (χ1) is 16.4. The van der Waals surface area contributed by atoms with Crippen molar-refractivity contribution in [1.82, 2.24) is 5.32 Å². The highest BCUT2D eigenvalue weighted by atomic mass is 35.5. The summed E-state index contributed by atoms with van der Waals surface area (Å²) in [6.45, 7) is 0.0565. The van der Waals surface area contributed by atoms with Gasteiger partial charge in [-0.15, -0.1) is 0 Å². The van der Waals surface area contributed by atoms with E-state index in [1.807, 2.05) is 6.07 Å². The molecular formula is C24H22ClF3N2O4S. The molecule has 0 heterocycles. The lowest BCUT2D eigenvalue weighted by atomic mass is 10.0. The quantitative estimate of drug-likeness (QED) is 0.565. The molecule has 2 aliphatic rings. The molecule has 4 rings (SSSR count). The van der Waals surface area contributed by atoms with Gasteiger partial charge < -0.3 is 10.1 Å². The standard InChI is InChI=1S/C24H22ClF3N2O4S/c25-16-7-5-15(6-8-16)13-34-20-12-17(11-18(20)22(31)30-23(14-29)9-10-23)35(32,33)21-4-2-1-3-19(21)24(26,27)28/h1-8,17-18,20H,9-13H2,(H,30,31)/t17-,18?,20-/m0/s1. The molecule has 0 spiro atoms. The molecule has 2 saturated carbocycles. The van der Waals surface area contributed by atoms with Crippen molar-refractivity contribution < 1.29 is 31.1 Å². The Labute approximate surface area is 205 Å². The van der Waals surface area contributed by atoms with Crippen molar-refractivity contribution in [2.24, 2.45) is 5.92 Å². The molecule has 0 aromatic heterocycles. The van der Waals surface area contributed by atoms with Crippen LogP contribution in [-0.4, -0.2) is 31.2 Å². The minimum atomic E-state index is -4.85. The Morgan fingerprint density at radius 3 is 2.40 bits per heavy atom. The second-order valence-electron chi connectivity index (χ2n) is 8.90. The van der Waals surface area contributed by atoms with E-state index in [2.05, 4.69) is 5.32 Å². The zero-order valence-electron chi connectivity index (χ0n) is 18.4. The van der Waals surface area contributed by atoms with Gasteiger partial charge in [0.25, 0.3) is 0 Å². The maximum Gasteiger partial charge on any atom is 0.417 e. The maximum absolute atomic E-state index is 13.5. The van der Waals surface area contributed by atoms with Gasteiger partial charge in [0.1, 0.15) is 5.54 Å². The smallest absolute Gasteiger partial charge is 0.373 e. The van der Waals surface area contributed by atoms with E-state index in [1.165, 1.54) is 6.07 Å². The van der Waals surface area contributed by atoms with Crippen LogP contribution < -0.4 is 5.32 Å². The van der Waals surface area contributed by atoms with Crippen LogP contribution in [0.25, 0.3) is 0 Å². The van der Waals surface area contributed by atoms with Crippen molar-refractivity contribution >= 4 is 27.3 Å². The van der Waals surface area contributed by atoms with E-state index in [4.69, 9.17) is 16.3 Å². The highest BCUT2D eigenvalue weighted by Crippen LogP contribution is 2.42. The number of sulfone groups is 1. The molecule has 35 heavy (non-hydrogen) atoms. The Morgan fingerprint density at radius 1 is 1.14 bits per heavy atom. The number of nitrogens with one attached hydrogen (secondary N) is 1. The van der Waals surface area contributed by atoms with Gasteiger partial charge in [0.15, 0.2) is 9.84 Å². The molecule has 2 aromatic rings. The van der Waals surface area contributed by atoms with Gasteiger partial charge in [-0.2, -0.15) is 18.4 Å². The molecular weight excluding hydrogens is 505 g/mol. The van der Waals surface area contributed by atoms with Crippen molar-refractivity contribution in [2.45, 2.75) is 60.3 Å². The predicted octanol–water partition coefficient (Wildman–Crippen LogP) is 4.67. The van der Waals surface area contributed by atoms with Gasteiger partial charge in [-0.05, 0) is 55.5 Å². The molecule has 186 valence electrons. The van der Waals surface area contributed by atoms with Crippen LogP contribution in [0.3, 0.4) is 0 Å². The SMILES string of the molecule is N#CC1(NC(=O)C2C[C@H](S(=O)(=O)c3ccccc3C(F)(F)F)C[C@@H]2OCc2ccc(Cl)cc2)CC1. The molecule has 1 N–H and O–H groups in total. The fraction of sp³-hybridized carbons (Fsp3) is 0.417. The fourth-order valence-corrected chi connectivity index (χ4v) is 6.45. The predicted molar refractivity (Wildman–Crippen MR) is 121 cm³/mol. The summed E-state index contributed by atoms with van der Waals surface area (Å²) in [7, 11) is -4.44. The molecule has 0 radical (unpaired) electrons. The lowest BCUT2D eigenvalue weighted by Crippen LogP contribution is -2.42. The van der Waals surface area contributed by atoms with Gasteiger partial charge in [0.05, 0.1) is 40.4 Å². The van der Waals surface area contributed by atoms with Crippen molar-refractivity contribution in [2.75, 3.05) is 0 Å². The molecule has 0 aliphatic heterocycles. The number of benzene rings is 2. The lowest BCUT2D eigenvalue weighted by molar-refractivity contribution is -0.140. The van der Waals surface area contributed by atoms with Crippen LogP contribution in [0.5, 0.6) is 0 Å². The van der Waals surface area contributed by atoms with Crippen LogP contribution in [0, 0.1) is 17.2 Å². The zero-order valence-corrected chi connectivity index (χ0v) is 20.0. The number of amides is 1. The number of nitriles is 1. The average Bonchev–Trinajstić information content (AvgIpc) is 3.45. The van der Waals surface area contributed by atoms with Crippen LogP contribution in [-0.2, 0) is 32.2 Å². The molecule has 2 aromatic carbocycles. The van der Waals surface area contributed by atoms with E-state index in [9.17, 15) is 31.6 Å². The summed E-state index contributed by atoms with van der Waals surface area (Å²) >= 11 is 5.89. The third kappa shape index (κ3) is 5.47. The molecule has 2 aliphatic carbocycles. The minimum Gasteiger partial charge on any atom is -0.373 e. The molecule has 3 atom stereocenters. The Morgan fingerprint density at radius 2 is 1.80 bits per heavy atom. The highest BCUT2D eigenvalue weighted by Gasteiger charge is 2.51. The number of halogens is 4. The number of rotatable bonds is 7. The van der Waals surface area contributed by atoms with Gasteiger partial charge >= 0.3 is 6.18 Å². The Bertz CT molecular complexity index is 1250. The third-order valence-electron chi connectivity index (χ3n) is 6.44. The second kappa shape index (κ2) is 9.45. The monoisotopic (exact) mass is 526 g/mol. The molecule has 0 saturated heterocycles. The van der Waals surface area contributed by atoms with Gasteiger partial charge in [-0.1, -0.05) is 35.9 Å². The van der Waals surface area contributed by atoms with Gasteiger partial charge in [0, 0.05) is 5.02 Å². The largest absolute Gasteiger partial charge is 0.417 e. The van der Waals surface area contributed by atoms with E-state index in [0.717, 1.165) is 23.8 Å². The molecule has 6 nitrogen and oxygen atoms in total. The van der Waals surface area contributed by atoms with E-state index < -0.39 is 55.2 Å². The van der Waals surface area contributed by atoms with Crippen molar-refractivity contribution in [3.63, 3.8) is 0 Å². The minimum absolute atomic E-state index is 0.0565. The Kier molecular flexibility index (Phi) is 6.88. The second-order valence-corrected chi connectivity index (χ2v) is 11.5. The Balaban J connectivity index is 1.60. The molecule has 1 amide bonds. The summed E-state index contributed by atoms with van der Waals surface area (Å²) in [5, 5.41) is 11.3. The van der Waals surface area contributed by atoms with Crippen molar-refractivity contribution in [1.29, 1.82) is 5.26 Å². The average molecular weight is 527 g/mol. The van der Waals surface area contributed by atoms with Gasteiger partial charge in [-0.3, -0.25) is 4.79 Å². The fourth-order valence-electron chi connectivity index (χ4n) is 4.30. The maximum atomic E-state index is 13.5. The first-order valence-corrected chi connectivity index (χ1v) is 12.9. The molecule has 0 bridgehead atoms. The summed E-state index contributed by atoms with van der Waals surface area (Å²) in [6.07, 6.45) is -5.11. The van der Waals surface area contributed by atoms with Crippen molar-refractivity contribution in [3.05, 3.63) is 64.7 Å². The summed E-state index contributed by atoms with van der Waals surface area (Å²) in [6, 6.07) is 12.8. The normalized spacial score (nSPS) is 23.5. The summed E-state index contributed by atoms with van der Waals surface area (Å²) < 4.78 is 73.1. The summed E-state index contributed by atoms with van der Waals surface area (Å²) in [5.41, 5.74) is -1.48. The van der Waals surface area contributed by atoms with Crippen molar-refractivity contribution in [3.8, 4) is 6.07 Å². The highest BCUT2D eigenvalue weighted by molar-refractivity contribution is 7.92. The Hall–Kier alpha value is -2.61. The summed E-state index contributed by atoms with van der Waals surface area (Å²) in [4.78, 5) is 12.2. The topological polar surface area (TPSA) is 96.3 Å². The van der Waals surface area contributed by atoms with E-state index >= 15 is 0 Å². The van der Waals surface area contributed by atoms with Crippen LogP contribution >= 0.6 is 11.6 Å². The van der Waals surface area contributed by atoms with E-state index in [-0.39, 0.29) is 19.4 Å². The molecule has 1 unspecified atom stereocenters. The molecule has 11 heteroatoms. The lowest BCUT2D eigenvalue weighted by Gasteiger charge is -2.21. The first-order valence-electron chi connectivity index (χ1n) is 10.9. The molecule has 2 fully saturated rings. The van der Waals surface area contributed by atoms with Crippen LogP contribution in [0.1, 0.15) is 36.8 Å². The van der Waals surface area contributed by atoms with Crippen LogP contribution in [0.2, 0.25) is 5.02 Å². The summed E-state index contributed by atoms with van der Waals surface area (Å²) in [5.74, 6) is -1.47. The van der Waals surface area contributed by atoms with Crippen LogP contribution in [0.15, 0.2) is 53.4 Å². The number of ether oxygens (including phenoxy) is 1. The number of nitrogens with zero attached hydrogens (tertiary/aromatic N) is 1. The number of hydrogen-bond acceptors (Lipinski definition) is 5. The third-order valence-corrected chi connectivity index (χ3v) is 8.92. The zero-order chi connectivity index (χ0) is 25.4. The number of carbonyl (C=O) groups is 1. The van der Waals surface area contributed by atoms with Gasteiger partial charge in [-0.25, -0.2) is 8.42 Å². The number of alkyl halides is 3. The van der Waals surface area contributed by atoms with E-state index in [1.54, 1.807) is 24.3 Å².